The molecule has 0 bridgehead atoms. The van der Waals surface area contributed by atoms with E-state index in [4.69, 9.17) is 9.47 Å². The Balaban J connectivity index is 1.42. The predicted octanol–water partition coefficient (Wildman–Crippen LogP) is 4.83. The largest absolute Gasteiger partial charge is 0.507 e. The van der Waals surface area contributed by atoms with Crippen molar-refractivity contribution in [3.05, 3.63) is 88.5 Å². The van der Waals surface area contributed by atoms with Crippen LogP contribution in [0.25, 0.3) is 0 Å². The Morgan fingerprint density at radius 2 is 1.97 bits per heavy atom. The normalized spacial score (nSPS) is 16.9. The molecule has 1 fully saturated rings. The van der Waals surface area contributed by atoms with Crippen molar-refractivity contribution in [3.63, 3.8) is 0 Å². The molecule has 2 N–H and O–H groups in total. The van der Waals surface area contributed by atoms with Crippen molar-refractivity contribution in [2.75, 3.05) is 18.5 Å². The molecule has 192 valence electrons. The maximum absolute atomic E-state index is 13.7. The number of cyclic esters (lactones) is 1. The number of rotatable bonds is 7. The summed E-state index contributed by atoms with van der Waals surface area (Å²) in [6.07, 6.45) is -1.73. The first-order valence-electron chi connectivity index (χ1n) is 12.1. The van der Waals surface area contributed by atoms with Gasteiger partial charge in [-0.2, -0.15) is 0 Å². The lowest BCUT2D eigenvalue weighted by molar-refractivity contribution is -0.138. The van der Waals surface area contributed by atoms with E-state index in [0.717, 1.165) is 34.5 Å². The van der Waals surface area contributed by atoms with E-state index < -0.39 is 29.7 Å². The summed E-state index contributed by atoms with van der Waals surface area (Å²) in [5, 5.41) is 13.9. The van der Waals surface area contributed by atoms with Gasteiger partial charge < -0.3 is 24.8 Å². The summed E-state index contributed by atoms with van der Waals surface area (Å²) in [7, 11) is 0. The Bertz CT molecular complexity index is 1320. The van der Waals surface area contributed by atoms with Crippen LogP contribution in [0, 0.1) is 0 Å². The van der Waals surface area contributed by atoms with Crippen molar-refractivity contribution < 1.29 is 33.0 Å². The number of benzene rings is 3. The summed E-state index contributed by atoms with van der Waals surface area (Å²) >= 11 is 0. The maximum atomic E-state index is 13.7. The molecule has 0 radical (unpaired) electrons. The van der Waals surface area contributed by atoms with Crippen LogP contribution < -0.4 is 10.1 Å². The highest BCUT2D eigenvalue weighted by Gasteiger charge is 2.31. The summed E-state index contributed by atoms with van der Waals surface area (Å²) in [4.78, 5) is 27.2. The maximum Gasteiger partial charge on any atom is 0.328 e. The minimum absolute atomic E-state index is 0.0433. The number of nitrogens with zero attached hydrogens (tertiary/aromatic N) is 1. The van der Waals surface area contributed by atoms with E-state index >= 15 is 0 Å². The molecule has 0 aliphatic carbocycles. The highest BCUT2D eigenvalue weighted by molar-refractivity contribution is 6.00. The van der Waals surface area contributed by atoms with E-state index in [1.165, 1.54) is 0 Å². The number of phenolic OH excluding ortho intramolecular Hbond substituents is 1. The van der Waals surface area contributed by atoms with Gasteiger partial charge in [-0.1, -0.05) is 42.5 Å². The molecule has 3 aromatic carbocycles. The molecule has 1 amide bonds. The molecule has 1 saturated heterocycles. The average Bonchev–Trinajstić information content (AvgIpc) is 3.31. The van der Waals surface area contributed by atoms with E-state index in [9.17, 15) is 23.5 Å². The first-order valence-corrected chi connectivity index (χ1v) is 12.1. The number of fused-ring (bicyclic) bond motifs is 1. The van der Waals surface area contributed by atoms with Crippen LogP contribution in [-0.2, 0) is 29.1 Å². The van der Waals surface area contributed by atoms with Gasteiger partial charge in [0.05, 0.1) is 6.61 Å². The Morgan fingerprint density at radius 3 is 2.70 bits per heavy atom. The summed E-state index contributed by atoms with van der Waals surface area (Å²) in [5.41, 5.74) is 2.83. The van der Waals surface area contributed by atoms with Gasteiger partial charge in [0.2, 0.25) is 0 Å². The second kappa shape index (κ2) is 10.5. The minimum atomic E-state index is -2.84. The number of carbonyl (C=O) groups excluding carboxylic acids is 2. The van der Waals surface area contributed by atoms with Gasteiger partial charge in [-0.15, -0.1) is 0 Å². The van der Waals surface area contributed by atoms with Gasteiger partial charge in [-0.25, -0.2) is 13.6 Å². The number of aromatic hydroxyl groups is 1. The molecule has 1 atom stereocenters. The SMILES string of the molecule is O=C1OCCC1Nc1cccc2c1CN(C(=O)c1c(O)cc(C(F)F)cc1OCc1ccccc1)CC2. The van der Waals surface area contributed by atoms with Crippen molar-refractivity contribution in [1.29, 1.82) is 0 Å². The molecular formula is C28H26F2N2O5. The first-order chi connectivity index (χ1) is 17.9. The zero-order valence-corrected chi connectivity index (χ0v) is 20.0. The molecule has 0 aromatic heterocycles. The monoisotopic (exact) mass is 508 g/mol. The van der Waals surface area contributed by atoms with Crippen LogP contribution in [0.3, 0.4) is 0 Å². The second-order valence-electron chi connectivity index (χ2n) is 9.06. The Morgan fingerprint density at radius 1 is 1.16 bits per heavy atom. The molecule has 1 unspecified atom stereocenters. The number of hydrogen-bond acceptors (Lipinski definition) is 6. The summed E-state index contributed by atoms with van der Waals surface area (Å²) in [6, 6.07) is 16.4. The standard InChI is InChI=1S/C28H26F2N2O5/c29-26(30)19-13-23(33)25(24(14-19)37-16-17-5-2-1-3-6-17)27(34)32-11-9-18-7-4-8-21(20(18)15-32)31-22-10-12-36-28(22)35/h1-8,13-14,22,26,31,33H,9-12,15-16H2. The number of anilines is 1. The summed E-state index contributed by atoms with van der Waals surface area (Å²) in [6.45, 7) is 0.986. The number of phenols is 1. The van der Waals surface area contributed by atoms with E-state index in [0.29, 0.717) is 26.0 Å². The third kappa shape index (κ3) is 5.21. The highest BCUT2D eigenvalue weighted by atomic mass is 19.3. The van der Waals surface area contributed by atoms with Gasteiger partial charge in [0.25, 0.3) is 12.3 Å². The van der Waals surface area contributed by atoms with Crippen molar-refractivity contribution in [2.45, 2.75) is 38.5 Å². The third-order valence-electron chi connectivity index (χ3n) is 6.63. The predicted molar refractivity (Wildman–Crippen MR) is 132 cm³/mol. The molecule has 0 saturated carbocycles. The quantitative estimate of drug-likeness (QED) is 0.445. The van der Waals surface area contributed by atoms with Crippen molar-refractivity contribution in [3.8, 4) is 11.5 Å². The smallest absolute Gasteiger partial charge is 0.328 e. The molecule has 0 spiro atoms. The fourth-order valence-corrected chi connectivity index (χ4v) is 4.67. The summed E-state index contributed by atoms with van der Waals surface area (Å²) in [5.74, 6) is -1.50. The fraction of sp³-hybridized carbons (Fsp3) is 0.286. The van der Waals surface area contributed by atoms with Crippen LogP contribution in [0.1, 0.15) is 45.5 Å². The van der Waals surface area contributed by atoms with Crippen LogP contribution in [0.2, 0.25) is 0 Å². The second-order valence-corrected chi connectivity index (χ2v) is 9.06. The van der Waals surface area contributed by atoms with Crippen LogP contribution in [0.4, 0.5) is 14.5 Å². The summed E-state index contributed by atoms with van der Waals surface area (Å²) < 4.78 is 37.8. The number of carbonyl (C=O) groups is 2. The van der Waals surface area contributed by atoms with Crippen LogP contribution in [0.15, 0.2) is 60.7 Å². The van der Waals surface area contributed by atoms with E-state index in [-0.39, 0.29) is 30.4 Å². The number of hydrogen-bond donors (Lipinski definition) is 2. The molecule has 7 nitrogen and oxygen atoms in total. The van der Waals surface area contributed by atoms with Gasteiger partial charge in [0, 0.05) is 30.8 Å². The van der Waals surface area contributed by atoms with E-state index in [2.05, 4.69) is 5.32 Å². The molecule has 3 aromatic rings. The number of alkyl halides is 2. The van der Waals surface area contributed by atoms with Crippen molar-refractivity contribution in [1.82, 2.24) is 4.90 Å². The number of amides is 1. The van der Waals surface area contributed by atoms with Crippen LogP contribution in [-0.4, -0.2) is 41.1 Å². The van der Waals surface area contributed by atoms with Crippen molar-refractivity contribution in [2.24, 2.45) is 0 Å². The molecule has 9 heteroatoms. The van der Waals surface area contributed by atoms with Crippen molar-refractivity contribution >= 4 is 17.6 Å². The van der Waals surface area contributed by atoms with E-state index in [1.54, 1.807) is 4.90 Å². The Hall–Kier alpha value is -4.14. The molecule has 2 heterocycles. The lowest BCUT2D eigenvalue weighted by Crippen LogP contribution is -2.37. The molecule has 2 aliphatic heterocycles. The molecular weight excluding hydrogens is 482 g/mol. The van der Waals surface area contributed by atoms with Gasteiger partial charge in [0.15, 0.2) is 0 Å². The highest BCUT2D eigenvalue weighted by Crippen LogP contribution is 2.37. The number of esters is 1. The zero-order valence-electron chi connectivity index (χ0n) is 20.0. The Labute approximate surface area is 212 Å². The number of halogens is 2. The number of nitrogens with one attached hydrogen (secondary N) is 1. The zero-order chi connectivity index (χ0) is 25.9. The van der Waals surface area contributed by atoms with Gasteiger partial charge in [0.1, 0.15) is 29.7 Å². The third-order valence-corrected chi connectivity index (χ3v) is 6.63. The van der Waals surface area contributed by atoms with Crippen LogP contribution >= 0.6 is 0 Å². The average molecular weight is 509 g/mol. The van der Waals surface area contributed by atoms with Gasteiger partial charge in [-0.3, -0.25) is 4.79 Å². The van der Waals surface area contributed by atoms with Crippen LogP contribution in [0.5, 0.6) is 11.5 Å². The minimum Gasteiger partial charge on any atom is -0.507 e. The molecule has 37 heavy (non-hydrogen) atoms. The fourth-order valence-electron chi connectivity index (χ4n) is 4.67. The lowest BCUT2D eigenvalue weighted by atomic mass is 9.96. The lowest BCUT2D eigenvalue weighted by Gasteiger charge is -2.31. The van der Waals surface area contributed by atoms with Gasteiger partial charge in [-0.05, 0) is 41.3 Å². The topological polar surface area (TPSA) is 88.1 Å². The Kier molecular flexibility index (Phi) is 6.94. The number of ether oxygens (including phenoxy) is 2. The molecule has 5 rings (SSSR count). The first kappa shape index (κ1) is 24.5. The van der Waals surface area contributed by atoms with Gasteiger partial charge >= 0.3 is 5.97 Å². The molecule has 2 aliphatic rings. The van der Waals surface area contributed by atoms with E-state index in [1.807, 2.05) is 48.5 Å².